The average Bonchev–Trinajstić information content (AvgIpc) is 2.58. The molecule has 4 nitrogen and oxygen atoms in total. The lowest BCUT2D eigenvalue weighted by Crippen LogP contribution is -2.24. The molecule has 0 unspecified atom stereocenters. The third kappa shape index (κ3) is 2.89. The summed E-state index contributed by atoms with van der Waals surface area (Å²) in [5.74, 6) is -3.04. The van der Waals surface area contributed by atoms with Gasteiger partial charge in [0.05, 0.1) is 22.5 Å². The summed E-state index contributed by atoms with van der Waals surface area (Å²) in [7, 11) is 0. The maximum absolute atomic E-state index is 15.1. The fourth-order valence-corrected chi connectivity index (χ4v) is 2.72. The van der Waals surface area contributed by atoms with Crippen LogP contribution >= 0.6 is 11.6 Å². The van der Waals surface area contributed by atoms with Crippen LogP contribution in [0.5, 0.6) is 0 Å². The number of rotatable bonds is 3. The largest absolute Gasteiger partial charge is 0.462 e. The highest BCUT2D eigenvalue weighted by atomic mass is 35.5. The van der Waals surface area contributed by atoms with Crippen molar-refractivity contribution in [1.29, 1.82) is 0 Å². The van der Waals surface area contributed by atoms with E-state index in [4.69, 9.17) is 16.3 Å². The molecule has 3 rings (SSSR count). The Morgan fingerprint density at radius 3 is 2.52 bits per heavy atom. The molecule has 0 spiro atoms. The van der Waals surface area contributed by atoms with Gasteiger partial charge in [-0.2, -0.15) is 4.39 Å². The molecule has 0 N–H and O–H groups in total. The topological polar surface area (TPSA) is 48.3 Å². The van der Waals surface area contributed by atoms with Crippen molar-refractivity contribution >= 4 is 28.5 Å². The number of pyridine rings is 1. The number of carbonyl (C=O) groups is 1. The van der Waals surface area contributed by atoms with Crippen molar-refractivity contribution in [2.45, 2.75) is 6.92 Å². The Labute approximate surface area is 146 Å². The van der Waals surface area contributed by atoms with Crippen LogP contribution in [0.25, 0.3) is 16.6 Å². The van der Waals surface area contributed by atoms with Crippen LogP contribution in [0.4, 0.5) is 8.78 Å². The number of fused-ring (bicyclic) bond motifs is 1. The van der Waals surface area contributed by atoms with Gasteiger partial charge in [0.2, 0.25) is 11.4 Å². The summed E-state index contributed by atoms with van der Waals surface area (Å²) in [5.41, 5.74) is -1.33. The number of esters is 1. The third-order valence-corrected chi connectivity index (χ3v) is 3.94. The van der Waals surface area contributed by atoms with Gasteiger partial charge >= 0.3 is 5.97 Å². The first-order valence-electron chi connectivity index (χ1n) is 7.41. The molecule has 0 fully saturated rings. The van der Waals surface area contributed by atoms with Crippen LogP contribution in [0.3, 0.4) is 0 Å². The van der Waals surface area contributed by atoms with Crippen LogP contribution in [0.1, 0.15) is 17.3 Å². The summed E-state index contributed by atoms with van der Waals surface area (Å²) in [6.45, 7) is 1.50. The van der Waals surface area contributed by atoms with E-state index in [9.17, 15) is 14.0 Å². The molecule has 2 aromatic carbocycles. The summed E-state index contributed by atoms with van der Waals surface area (Å²) in [4.78, 5) is 24.6. The van der Waals surface area contributed by atoms with Gasteiger partial charge in [-0.15, -0.1) is 0 Å². The van der Waals surface area contributed by atoms with Gasteiger partial charge in [-0.1, -0.05) is 29.8 Å². The van der Waals surface area contributed by atoms with Gasteiger partial charge in [-0.25, -0.2) is 9.18 Å². The second-order valence-corrected chi connectivity index (χ2v) is 5.58. The van der Waals surface area contributed by atoms with Crippen molar-refractivity contribution in [3.05, 3.63) is 75.0 Å². The molecular weight excluding hydrogens is 352 g/mol. The fourth-order valence-electron chi connectivity index (χ4n) is 2.56. The van der Waals surface area contributed by atoms with Gasteiger partial charge in [-0.05, 0) is 31.2 Å². The van der Waals surface area contributed by atoms with Crippen LogP contribution in [0.15, 0.2) is 47.3 Å². The highest BCUT2D eigenvalue weighted by Gasteiger charge is 2.25. The molecule has 0 bridgehead atoms. The lowest BCUT2D eigenvalue weighted by molar-refractivity contribution is 0.0518. The average molecular weight is 364 g/mol. The van der Waals surface area contributed by atoms with E-state index in [0.717, 1.165) is 16.7 Å². The van der Waals surface area contributed by atoms with Gasteiger partial charge in [0.25, 0.3) is 0 Å². The first-order valence-corrected chi connectivity index (χ1v) is 7.79. The van der Waals surface area contributed by atoms with Crippen molar-refractivity contribution in [2.24, 2.45) is 0 Å². The number of nitrogens with zero attached hydrogens (tertiary/aromatic N) is 1. The van der Waals surface area contributed by atoms with Crippen LogP contribution in [-0.4, -0.2) is 17.1 Å². The zero-order valence-electron chi connectivity index (χ0n) is 13.1. The standard InChI is InChI=1S/C18H12ClF2NO3/c1-2-25-18(24)15-16(23)11-8-13(20)12(19)9-14(11)22(17(15)21)10-6-4-3-5-7-10/h3-9H,2H2,1H3. The number of aromatic nitrogens is 1. The molecule has 3 aromatic rings. The highest BCUT2D eigenvalue weighted by molar-refractivity contribution is 6.31. The molecule has 0 radical (unpaired) electrons. The lowest BCUT2D eigenvalue weighted by Gasteiger charge is -2.15. The van der Waals surface area contributed by atoms with Crippen molar-refractivity contribution in [2.75, 3.05) is 6.61 Å². The maximum atomic E-state index is 15.1. The van der Waals surface area contributed by atoms with E-state index >= 15 is 4.39 Å². The molecule has 1 heterocycles. The van der Waals surface area contributed by atoms with Crippen molar-refractivity contribution < 1.29 is 18.3 Å². The molecular formula is C18H12ClF2NO3. The number of ether oxygens (including phenoxy) is 1. The summed E-state index contributed by atoms with van der Waals surface area (Å²) < 4.78 is 34.7. The summed E-state index contributed by atoms with van der Waals surface area (Å²) >= 11 is 5.80. The highest BCUT2D eigenvalue weighted by Crippen LogP contribution is 2.26. The van der Waals surface area contributed by atoms with Crippen molar-refractivity contribution in [3.8, 4) is 5.69 Å². The molecule has 25 heavy (non-hydrogen) atoms. The van der Waals surface area contributed by atoms with Crippen LogP contribution in [-0.2, 0) is 4.74 Å². The second-order valence-electron chi connectivity index (χ2n) is 5.17. The van der Waals surface area contributed by atoms with E-state index in [-0.39, 0.29) is 22.5 Å². The maximum Gasteiger partial charge on any atom is 0.346 e. The third-order valence-electron chi connectivity index (χ3n) is 3.65. The normalized spacial score (nSPS) is 10.9. The zero-order valence-corrected chi connectivity index (χ0v) is 13.8. The molecule has 0 atom stereocenters. The molecule has 0 saturated carbocycles. The van der Waals surface area contributed by atoms with Gasteiger partial charge in [-0.3, -0.25) is 9.36 Å². The van der Waals surface area contributed by atoms with Crippen LogP contribution < -0.4 is 5.43 Å². The predicted octanol–water partition coefficient (Wildman–Crippen LogP) is 4.10. The molecule has 128 valence electrons. The number of halogens is 3. The SMILES string of the molecule is CCOC(=O)c1c(F)n(-c2ccccc2)c2cc(Cl)c(F)cc2c1=O. The smallest absolute Gasteiger partial charge is 0.346 e. The van der Waals surface area contributed by atoms with E-state index in [1.165, 1.54) is 6.92 Å². The number of hydrogen-bond acceptors (Lipinski definition) is 3. The van der Waals surface area contributed by atoms with Crippen LogP contribution in [0, 0.1) is 11.8 Å². The van der Waals surface area contributed by atoms with Crippen molar-refractivity contribution in [3.63, 3.8) is 0 Å². The first kappa shape index (κ1) is 17.1. The number of hydrogen-bond donors (Lipinski definition) is 0. The Balaban J connectivity index is 2.49. The number of para-hydroxylation sites is 1. The Hall–Kier alpha value is -2.73. The molecule has 7 heteroatoms. The summed E-state index contributed by atoms with van der Waals surface area (Å²) in [6.07, 6.45) is 0. The minimum Gasteiger partial charge on any atom is -0.462 e. The van der Waals surface area contributed by atoms with Gasteiger partial charge in [0, 0.05) is 5.69 Å². The molecule has 0 amide bonds. The monoisotopic (exact) mass is 363 g/mol. The van der Waals surface area contributed by atoms with Gasteiger partial charge in [0.15, 0.2) is 5.56 Å². The van der Waals surface area contributed by atoms with E-state index in [0.29, 0.717) is 5.69 Å². The van der Waals surface area contributed by atoms with Crippen molar-refractivity contribution in [1.82, 2.24) is 4.57 Å². The molecule has 0 aliphatic carbocycles. The molecule has 0 aliphatic heterocycles. The van der Waals surface area contributed by atoms with Gasteiger partial charge < -0.3 is 4.74 Å². The molecule has 0 aliphatic rings. The first-order chi connectivity index (χ1) is 12.0. The number of carbonyl (C=O) groups excluding carboxylic acids is 1. The van der Waals surface area contributed by atoms with Crippen LogP contribution in [0.2, 0.25) is 5.02 Å². The minimum atomic E-state index is -1.10. The lowest BCUT2D eigenvalue weighted by atomic mass is 10.1. The van der Waals surface area contributed by atoms with Gasteiger partial charge in [0.1, 0.15) is 5.82 Å². The Morgan fingerprint density at radius 1 is 1.20 bits per heavy atom. The fraction of sp³-hybridized carbons (Fsp3) is 0.111. The molecule has 1 aromatic heterocycles. The molecule has 0 saturated heterocycles. The summed E-state index contributed by atoms with van der Waals surface area (Å²) in [6, 6.07) is 10.3. The predicted molar refractivity (Wildman–Crippen MR) is 90.4 cm³/mol. The van der Waals surface area contributed by atoms with E-state index < -0.39 is 28.7 Å². The van der Waals surface area contributed by atoms with E-state index in [1.807, 2.05) is 0 Å². The van der Waals surface area contributed by atoms with E-state index in [2.05, 4.69) is 0 Å². The Kier molecular flexibility index (Phi) is 4.55. The number of benzene rings is 2. The zero-order chi connectivity index (χ0) is 18.1. The Morgan fingerprint density at radius 2 is 1.88 bits per heavy atom. The summed E-state index contributed by atoms with van der Waals surface area (Å²) in [5, 5.41) is -0.435. The van der Waals surface area contributed by atoms with E-state index in [1.54, 1.807) is 30.3 Å². The Bertz CT molecular complexity index is 1030. The second kappa shape index (κ2) is 6.64. The minimum absolute atomic E-state index is 0.0317. The quantitative estimate of drug-likeness (QED) is 0.520.